The summed E-state index contributed by atoms with van der Waals surface area (Å²) in [6, 6.07) is 6.53. The molecule has 2 nitrogen and oxygen atoms in total. The SMILES string of the molecule is CCC1CNC(C)(C2CC2)CN1c1ccc(Cl)c(Cl)c1. The van der Waals surface area contributed by atoms with E-state index in [9.17, 15) is 0 Å². The van der Waals surface area contributed by atoms with Gasteiger partial charge in [0.05, 0.1) is 10.0 Å². The maximum absolute atomic E-state index is 6.20. The fourth-order valence-corrected chi connectivity index (χ4v) is 3.62. The minimum atomic E-state index is 0.234. The number of benzene rings is 1. The van der Waals surface area contributed by atoms with E-state index in [-0.39, 0.29) is 5.54 Å². The van der Waals surface area contributed by atoms with Crippen LogP contribution in [-0.4, -0.2) is 24.7 Å². The number of rotatable bonds is 3. The average molecular weight is 313 g/mol. The van der Waals surface area contributed by atoms with Crippen molar-refractivity contribution in [3.8, 4) is 0 Å². The third kappa shape index (κ3) is 2.66. The van der Waals surface area contributed by atoms with Gasteiger partial charge in [0.2, 0.25) is 0 Å². The van der Waals surface area contributed by atoms with Crippen LogP contribution in [0.2, 0.25) is 10.0 Å². The lowest BCUT2D eigenvalue weighted by Crippen LogP contribution is -2.64. The number of nitrogens with zero attached hydrogens (tertiary/aromatic N) is 1. The van der Waals surface area contributed by atoms with Crippen LogP contribution in [0.1, 0.15) is 33.1 Å². The molecule has 0 spiro atoms. The number of hydrogen-bond acceptors (Lipinski definition) is 2. The van der Waals surface area contributed by atoms with E-state index < -0.39 is 0 Å². The van der Waals surface area contributed by atoms with Crippen LogP contribution in [-0.2, 0) is 0 Å². The van der Waals surface area contributed by atoms with Crippen molar-refractivity contribution in [1.29, 1.82) is 0 Å². The first-order valence-electron chi connectivity index (χ1n) is 7.50. The van der Waals surface area contributed by atoms with E-state index in [0.29, 0.717) is 16.1 Å². The number of nitrogens with one attached hydrogen (secondary N) is 1. The van der Waals surface area contributed by atoms with Gasteiger partial charge in [0.15, 0.2) is 0 Å². The lowest BCUT2D eigenvalue weighted by molar-refractivity contribution is 0.252. The van der Waals surface area contributed by atoms with E-state index in [4.69, 9.17) is 23.2 Å². The molecule has 1 aromatic rings. The lowest BCUT2D eigenvalue weighted by atomic mass is 9.90. The molecular formula is C16H22Cl2N2. The fraction of sp³-hybridized carbons (Fsp3) is 0.625. The van der Waals surface area contributed by atoms with Crippen molar-refractivity contribution < 1.29 is 0 Å². The molecule has 1 aliphatic heterocycles. The summed E-state index contributed by atoms with van der Waals surface area (Å²) in [7, 11) is 0. The van der Waals surface area contributed by atoms with Crippen molar-refractivity contribution in [1.82, 2.24) is 5.32 Å². The summed E-state index contributed by atoms with van der Waals surface area (Å²) in [4.78, 5) is 2.51. The van der Waals surface area contributed by atoms with Crippen LogP contribution in [0.4, 0.5) is 5.69 Å². The monoisotopic (exact) mass is 312 g/mol. The molecule has 2 unspecified atom stereocenters. The van der Waals surface area contributed by atoms with Crippen LogP contribution in [0.25, 0.3) is 0 Å². The van der Waals surface area contributed by atoms with Crippen LogP contribution < -0.4 is 10.2 Å². The van der Waals surface area contributed by atoms with E-state index in [0.717, 1.165) is 25.4 Å². The Labute approximate surface area is 131 Å². The molecule has 1 N–H and O–H groups in total. The van der Waals surface area contributed by atoms with Crippen molar-refractivity contribution in [3.05, 3.63) is 28.2 Å². The molecule has 4 heteroatoms. The standard InChI is InChI=1S/C16H22Cl2N2/c1-3-12-9-19-16(2,11-4-5-11)10-20(12)13-6-7-14(17)15(18)8-13/h6-8,11-12,19H,3-5,9-10H2,1-2H3. The number of hydrogen-bond donors (Lipinski definition) is 1. The predicted molar refractivity (Wildman–Crippen MR) is 87.0 cm³/mol. The van der Waals surface area contributed by atoms with Gasteiger partial charge in [-0.05, 0) is 50.3 Å². The molecule has 110 valence electrons. The first-order valence-corrected chi connectivity index (χ1v) is 8.26. The van der Waals surface area contributed by atoms with Gasteiger partial charge in [-0.25, -0.2) is 0 Å². The molecule has 20 heavy (non-hydrogen) atoms. The van der Waals surface area contributed by atoms with Gasteiger partial charge >= 0.3 is 0 Å². The predicted octanol–water partition coefficient (Wildman–Crippen LogP) is 4.35. The van der Waals surface area contributed by atoms with Gasteiger partial charge in [0.25, 0.3) is 0 Å². The van der Waals surface area contributed by atoms with Gasteiger partial charge in [-0.2, -0.15) is 0 Å². The van der Waals surface area contributed by atoms with Crippen molar-refractivity contribution in [2.24, 2.45) is 5.92 Å². The highest BCUT2D eigenvalue weighted by Crippen LogP contribution is 2.42. The van der Waals surface area contributed by atoms with Crippen LogP contribution >= 0.6 is 23.2 Å². The molecule has 1 aromatic carbocycles. The molecule has 1 saturated carbocycles. The molecule has 0 amide bonds. The van der Waals surface area contributed by atoms with E-state index in [1.807, 2.05) is 12.1 Å². The largest absolute Gasteiger partial charge is 0.365 e. The Balaban J connectivity index is 1.88. The molecule has 2 atom stereocenters. The van der Waals surface area contributed by atoms with Crippen LogP contribution in [0.15, 0.2) is 18.2 Å². The van der Waals surface area contributed by atoms with Gasteiger partial charge in [-0.15, -0.1) is 0 Å². The lowest BCUT2D eigenvalue weighted by Gasteiger charge is -2.48. The smallest absolute Gasteiger partial charge is 0.0612 e. The Bertz CT molecular complexity index is 501. The summed E-state index contributed by atoms with van der Waals surface area (Å²) in [6.07, 6.45) is 3.85. The summed E-state index contributed by atoms with van der Waals surface area (Å²) in [6.45, 7) is 6.70. The zero-order valence-electron chi connectivity index (χ0n) is 12.1. The third-order valence-corrected chi connectivity index (χ3v) is 5.60. The van der Waals surface area contributed by atoms with Gasteiger partial charge in [0, 0.05) is 30.4 Å². The summed E-state index contributed by atoms with van der Waals surface area (Å²) < 4.78 is 0. The van der Waals surface area contributed by atoms with Crippen LogP contribution in [0.5, 0.6) is 0 Å². The maximum Gasteiger partial charge on any atom is 0.0612 e. The van der Waals surface area contributed by atoms with E-state index in [2.05, 4.69) is 30.1 Å². The fourth-order valence-electron chi connectivity index (χ4n) is 3.32. The maximum atomic E-state index is 6.20. The van der Waals surface area contributed by atoms with Gasteiger partial charge in [-0.3, -0.25) is 0 Å². The zero-order chi connectivity index (χ0) is 14.3. The highest BCUT2D eigenvalue weighted by Gasteiger charge is 2.45. The first-order chi connectivity index (χ1) is 9.53. The van der Waals surface area contributed by atoms with Gasteiger partial charge in [0.1, 0.15) is 0 Å². The number of halogens is 2. The summed E-state index contributed by atoms with van der Waals surface area (Å²) in [5.41, 5.74) is 1.43. The molecule has 1 saturated heterocycles. The highest BCUT2D eigenvalue weighted by atomic mass is 35.5. The second-order valence-electron chi connectivity index (χ2n) is 6.36. The molecule has 1 heterocycles. The Morgan fingerprint density at radius 1 is 1.30 bits per heavy atom. The molecule has 2 aliphatic rings. The second-order valence-corrected chi connectivity index (χ2v) is 7.18. The molecule has 2 fully saturated rings. The minimum absolute atomic E-state index is 0.234. The Morgan fingerprint density at radius 3 is 2.65 bits per heavy atom. The van der Waals surface area contributed by atoms with E-state index >= 15 is 0 Å². The van der Waals surface area contributed by atoms with Crippen molar-refractivity contribution in [2.75, 3.05) is 18.0 Å². The first kappa shape index (κ1) is 14.5. The molecule has 0 aromatic heterocycles. The van der Waals surface area contributed by atoms with Gasteiger partial charge in [-0.1, -0.05) is 30.1 Å². The second kappa shape index (κ2) is 5.40. The zero-order valence-corrected chi connectivity index (χ0v) is 13.6. The number of piperazine rings is 1. The summed E-state index contributed by atoms with van der Waals surface area (Å²) in [5, 5.41) is 5.06. The number of anilines is 1. The third-order valence-electron chi connectivity index (χ3n) is 4.87. The molecule has 0 bridgehead atoms. The quantitative estimate of drug-likeness (QED) is 0.892. The minimum Gasteiger partial charge on any atom is -0.365 e. The molecular weight excluding hydrogens is 291 g/mol. The van der Waals surface area contributed by atoms with Gasteiger partial charge < -0.3 is 10.2 Å². The normalized spacial score (nSPS) is 30.6. The Morgan fingerprint density at radius 2 is 2.05 bits per heavy atom. The summed E-state index contributed by atoms with van der Waals surface area (Å²) >= 11 is 12.2. The topological polar surface area (TPSA) is 15.3 Å². The molecule has 0 radical (unpaired) electrons. The molecule has 1 aliphatic carbocycles. The van der Waals surface area contributed by atoms with Crippen molar-refractivity contribution in [3.63, 3.8) is 0 Å². The Hall–Kier alpha value is -0.440. The van der Waals surface area contributed by atoms with Crippen molar-refractivity contribution in [2.45, 2.75) is 44.7 Å². The Kier molecular flexibility index (Phi) is 3.91. The van der Waals surface area contributed by atoms with Crippen LogP contribution in [0.3, 0.4) is 0 Å². The van der Waals surface area contributed by atoms with Crippen LogP contribution in [0, 0.1) is 5.92 Å². The van der Waals surface area contributed by atoms with E-state index in [1.165, 1.54) is 18.5 Å². The summed E-state index contributed by atoms with van der Waals surface area (Å²) in [5.74, 6) is 0.825. The van der Waals surface area contributed by atoms with E-state index in [1.54, 1.807) is 0 Å². The average Bonchev–Trinajstić information content (AvgIpc) is 3.27. The molecule has 3 rings (SSSR count). The highest BCUT2D eigenvalue weighted by molar-refractivity contribution is 6.42. The van der Waals surface area contributed by atoms with Crippen molar-refractivity contribution >= 4 is 28.9 Å².